The number of hydrogen-bond acceptors (Lipinski definition) is 5. The molecule has 0 aliphatic heterocycles. The molecule has 0 heterocycles. The van der Waals surface area contributed by atoms with Gasteiger partial charge in [0.15, 0.2) is 11.5 Å². The molecule has 0 N–H and O–H groups in total. The number of esters is 2. The summed E-state index contributed by atoms with van der Waals surface area (Å²) in [5.41, 5.74) is -1.99. The molecule has 0 radical (unpaired) electrons. The van der Waals surface area contributed by atoms with Crippen LogP contribution in [0.15, 0.2) is 36.4 Å². The van der Waals surface area contributed by atoms with E-state index < -0.39 is 33.0 Å². The zero-order valence-electron chi connectivity index (χ0n) is 16.9. The van der Waals surface area contributed by atoms with Crippen molar-refractivity contribution >= 4 is 44.4 Å². The van der Waals surface area contributed by atoms with Crippen LogP contribution in [0.5, 0.6) is 5.75 Å². The minimum absolute atomic E-state index is 0.0387. The van der Waals surface area contributed by atoms with E-state index in [4.69, 9.17) is 9.47 Å². The molecule has 2 saturated carbocycles. The quantitative estimate of drug-likeness (QED) is 0.379. The number of ether oxygens (including phenoxy) is 2. The van der Waals surface area contributed by atoms with Crippen molar-refractivity contribution < 1.29 is 23.9 Å². The minimum atomic E-state index is -0.997. The Kier molecular flexibility index (Phi) is 4.43. The van der Waals surface area contributed by atoms with Gasteiger partial charge in [-0.05, 0) is 29.7 Å². The van der Waals surface area contributed by atoms with Gasteiger partial charge in [0.1, 0.15) is 5.56 Å². The van der Waals surface area contributed by atoms with Crippen molar-refractivity contribution in [1.82, 2.24) is 0 Å². The Balaban J connectivity index is 1.85. The predicted octanol–water partition coefficient (Wildman–Crippen LogP) is 4.69. The van der Waals surface area contributed by atoms with Crippen molar-refractivity contribution in [1.29, 1.82) is 0 Å². The molecule has 6 heteroatoms. The predicted molar refractivity (Wildman–Crippen MR) is 112 cm³/mol. The van der Waals surface area contributed by atoms with Gasteiger partial charge in [-0.25, -0.2) is 4.79 Å². The standard InChI is InChI=1S/C23H23BrO5/c1-21(2)22(3)11-12-23(21,17(24)18(22)25)20(27)29-16-14-8-6-5-7-13(14)9-10-15(16)19(26)28-4/h5-10,17H,11-12H2,1-4H3. The summed E-state index contributed by atoms with van der Waals surface area (Å²) >= 11 is 3.51. The zero-order valence-corrected chi connectivity index (χ0v) is 18.5. The Bertz CT molecular complexity index is 1060. The highest BCUT2D eigenvalue weighted by Gasteiger charge is 2.77. The van der Waals surface area contributed by atoms with Crippen LogP contribution >= 0.6 is 15.9 Å². The molecule has 5 nitrogen and oxygen atoms in total. The van der Waals surface area contributed by atoms with Crippen LogP contribution in [0.2, 0.25) is 0 Å². The van der Waals surface area contributed by atoms with Gasteiger partial charge in [-0.2, -0.15) is 0 Å². The summed E-state index contributed by atoms with van der Waals surface area (Å²) in [6.07, 6.45) is 1.19. The number of Topliss-reactive ketones (excluding diaryl/α,β-unsaturated/α-hetero) is 1. The number of benzene rings is 2. The second-order valence-electron chi connectivity index (χ2n) is 8.70. The summed E-state index contributed by atoms with van der Waals surface area (Å²) in [5, 5.41) is 1.49. The second-order valence-corrected chi connectivity index (χ2v) is 9.62. The van der Waals surface area contributed by atoms with E-state index in [2.05, 4.69) is 15.9 Å². The van der Waals surface area contributed by atoms with E-state index in [1.165, 1.54) is 7.11 Å². The Hall–Kier alpha value is -2.21. The molecular weight excluding hydrogens is 436 g/mol. The van der Waals surface area contributed by atoms with Crippen LogP contribution in [0, 0.1) is 16.2 Å². The van der Waals surface area contributed by atoms with Crippen molar-refractivity contribution in [3.8, 4) is 5.75 Å². The van der Waals surface area contributed by atoms with Crippen LogP contribution in [-0.4, -0.2) is 29.7 Å². The fourth-order valence-electron chi connectivity index (χ4n) is 5.21. The summed E-state index contributed by atoms with van der Waals surface area (Å²) < 4.78 is 10.9. The first kappa shape index (κ1) is 20.1. The van der Waals surface area contributed by atoms with E-state index in [1.54, 1.807) is 18.2 Å². The summed E-state index contributed by atoms with van der Waals surface area (Å²) in [6.45, 7) is 5.86. The van der Waals surface area contributed by atoms with Gasteiger partial charge in [0.05, 0.1) is 17.4 Å². The third kappa shape index (κ3) is 2.35. The van der Waals surface area contributed by atoms with Crippen molar-refractivity contribution in [2.75, 3.05) is 7.11 Å². The van der Waals surface area contributed by atoms with Gasteiger partial charge in [-0.3, -0.25) is 9.59 Å². The number of alkyl halides is 1. The average molecular weight is 459 g/mol. The highest BCUT2D eigenvalue weighted by molar-refractivity contribution is 9.10. The molecule has 3 unspecified atom stereocenters. The lowest BCUT2D eigenvalue weighted by atomic mass is 9.65. The maximum Gasteiger partial charge on any atom is 0.341 e. The number of rotatable bonds is 3. The first-order valence-corrected chi connectivity index (χ1v) is 10.5. The summed E-state index contributed by atoms with van der Waals surface area (Å²) in [4.78, 5) is 38.4. The van der Waals surface area contributed by atoms with E-state index in [0.717, 1.165) is 5.39 Å². The Labute approximate surface area is 177 Å². The van der Waals surface area contributed by atoms with E-state index in [9.17, 15) is 14.4 Å². The molecule has 2 fully saturated rings. The molecule has 3 atom stereocenters. The molecule has 2 aromatic carbocycles. The first-order chi connectivity index (χ1) is 13.6. The molecule has 0 spiro atoms. The highest BCUT2D eigenvalue weighted by Crippen LogP contribution is 2.72. The van der Waals surface area contributed by atoms with E-state index >= 15 is 0 Å². The lowest BCUT2D eigenvalue weighted by Crippen LogP contribution is -2.47. The van der Waals surface area contributed by atoms with Gasteiger partial charge >= 0.3 is 11.9 Å². The van der Waals surface area contributed by atoms with Crippen LogP contribution in [0.1, 0.15) is 44.0 Å². The number of methoxy groups -OCH3 is 1. The van der Waals surface area contributed by atoms with E-state index in [1.807, 2.05) is 39.0 Å². The summed E-state index contributed by atoms with van der Waals surface area (Å²) in [5.74, 6) is -0.848. The summed E-state index contributed by atoms with van der Waals surface area (Å²) in [7, 11) is 1.29. The van der Waals surface area contributed by atoms with E-state index in [-0.39, 0.29) is 17.1 Å². The zero-order chi connectivity index (χ0) is 21.2. The number of halogens is 1. The minimum Gasteiger partial charge on any atom is -0.465 e. The molecule has 0 saturated heterocycles. The smallest absolute Gasteiger partial charge is 0.341 e. The van der Waals surface area contributed by atoms with Gasteiger partial charge in [0.25, 0.3) is 0 Å². The third-order valence-electron chi connectivity index (χ3n) is 7.56. The summed E-state index contributed by atoms with van der Waals surface area (Å²) in [6, 6.07) is 10.8. The number of fused-ring (bicyclic) bond motifs is 3. The molecule has 152 valence electrons. The SMILES string of the molecule is COC(=O)c1ccc2ccccc2c1OC(=O)C12CCC(C)(C(=O)C1Br)C2(C)C. The van der Waals surface area contributed by atoms with Gasteiger partial charge in [-0.1, -0.05) is 67.0 Å². The van der Waals surface area contributed by atoms with Crippen LogP contribution in [0.3, 0.4) is 0 Å². The third-order valence-corrected chi connectivity index (χ3v) is 8.76. The average Bonchev–Trinajstić information content (AvgIpc) is 2.99. The van der Waals surface area contributed by atoms with Crippen LogP contribution < -0.4 is 4.74 Å². The van der Waals surface area contributed by atoms with Crippen molar-refractivity contribution in [2.24, 2.45) is 16.2 Å². The fraction of sp³-hybridized carbons (Fsp3) is 0.435. The molecule has 4 rings (SSSR count). The van der Waals surface area contributed by atoms with Gasteiger partial charge in [0, 0.05) is 10.8 Å². The molecule has 2 bridgehead atoms. The van der Waals surface area contributed by atoms with E-state index in [0.29, 0.717) is 18.2 Å². The number of hydrogen-bond donors (Lipinski definition) is 0. The van der Waals surface area contributed by atoms with Crippen LogP contribution in [0.25, 0.3) is 10.8 Å². The first-order valence-electron chi connectivity index (χ1n) is 9.62. The topological polar surface area (TPSA) is 69.7 Å². The Morgan fingerprint density at radius 1 is 1.07 bits per heavy atom. The Morgan fingerprint density at radius 2 is 1.76 bits per heavy atom. The lowest BCUT2D eigenvalue weighted by Gasteiger charge is -2.38. The van der Waals surface area contributed by atoms with Gasteiger partial charge in [-0.15, -0.1) is 0 Å². The molecule has 0 amide bonds. The van der Waals surface area contributed by atoms with Gasteiger partial charge in [0.2, 0.25) is 0 Å². The van der Waals surface area contributed by atoms with Crippen LogP contribution in [0.4, 0.5) is 0 Å². The maximum absolute atomic E-state index is 13.7. The molecule has 2 aromatic rings. The molecule has 2 aliphatic rings. The molecule has 0 aromatic heterocycles. The highest BCUT2D eigenvalue weighted by atomic mass is 79.9. The molecule has 29 heavy (non-hydrogen) atoms. The lowest BCUT2D eigenvalue weighted by molar-refractivity contribution is -0.150. The van der Waals surface area contributed by atoms with Gasteiger partial charge < -0.3 is 9.47 Å². The van der Waals surface area contributed by atoms with Crippen LogP contribution in [-0.2, 0) is 14.3 Å². The fourth-order valence-corrected chi connectivity index (χ4v) is 6.70. The number of ketones is 1. The molecular formula is C23H23BrO5. The van der Waals surface area contributed by atoms with Crippen molar-refractivity contribution in [3.63, 3.8) is 0 Å². The number of carbonyl (C=O) groups excluding carboxylic acids is 3. The normalized spacial score (nSPS) is 29.8. The Morgan fingerprint density at radius 3 is 2.38 bits per heavy atom. The largest absolute Gasteiger partial charge is 0.465 e. The van der Waals surface area contributed by atoms with Crippen molar-refractivity contribution in [2.45, 2.75) is 38.4 Å². The van der Waals surface area contributed by atoms with Crippen molar-refractivity contribution in [3.05, 3.63) is 42.0 Å². The monoisotopic (exact) mass is 458 g/mol. The maximum atomic E-state index is 13.7. The number of carbonyl (C=O) groups is 3. The molecule has 2 aliphatic carbocycles. The second kappa shape index (κ2) is 6.39.